The van der Waals surface area contributed by atoms with Crippen molar-refractivity contribution in [3.8, 4) is 40.1 Å². The molecule has 0 atom stereocenters. The minimum atomic E-state index is -0.529. The van der Waals surface area contributed by atoms with Crippen molar-refractivity contribution in [2.75, 3.05) is 13.2 Å². The summed E-state index contributed by atoms with van der Waals surface area (Å²) in [7, 11) is 1.96. The molecular formula is C59H47BCl2N8O2. The molecule has 0 radical (unpaired) electrons. The summed E-state index contributed by atoms with van der Waals surface area (Å²) in [6.45, 7) is 18.3. The Hall–Kier alpha value is -8.22. The second-order valence-electron chi connectivity index (χ2n) is 18.5. The zero-order chi connectivity index (χ0) is 50.0. The smallest absolute Gasteiger partial charge is 0.327 e. The van der Waals surface area contributed by atoms with Gasteiger partial charge in [-0.25, -0.2) is 9.83 Å². The van der Waals surface area contributed by atoms with Gasteiger partial charge in [-0.2, -0.15) is 5.26 Å². The molecule has 0 bridgehead atoms. The number of fused-ring (bicyclic) bond motifs is 3. The minimum Gasteiger partial charge on any atom is -0.493 e. The summed E-state index contributed by atoms with van der Waals surface area (Å²) < 4.78 is 16.8. The number of rotatable bonds is 13. The van der Waals surface area contributed by atoms with Crippen LogP contribution in [0.5, 0.6) is 11.5 Å². The van der Waals surface area contributed by atoms with Gasteiger partial charge in [-0.15, -0.1) is 0 Å². The topological polar surface area (TPSA) is 108 Å². The monoisotopic (exact) mass is 980 g/mol. The van der Waals surface area contributed by atoms with Crippen LogP contribution in [0.3, 0.4) is 0 Å². The average molecular weight is 982 g/mol. The Balaban J connectivity index is 1.47. The molecule has 72 heavy (non-hydrogen) atoms. The van der Waals surface area contributed by atoms with Gasteiger partial charge in [0.1, 0.15) is 28.8 Å². The number of nitrogens with zero attached hydrogens (tertiary/aromatic N) is 8. The van der Waals surface area contributed by atoms with E-state index < -0.39 is 6.85 Å². The highest BCUT2D eigenvalue weighted by molar-refractivity contribution is 6.84. The molecule has 0 spiro atoms. The van der Waals surface area contributed by atoms with E-state index in [4.69, 9.17) is 52.6 Å². The summed E-state index contributed by atoms with van der Waals surface area (Å²) in [6, 6.07) is 49.9. The molecule has 0 aliphatic carbocycles. The number of hydrogen-bond acceptors (Lipinski definition) is 7. The van der Waals surface area contributed by atoms with E-state index in [1.807, 2.05) is 90.5 Å². The Labute approximate surface area is 428 Å². The maximum absolute atomic E-state index is 11.6. The van der Waals surface area contributed by atoms with E-state index in [0.717, 1.165) is 39.2 Å². The van der Waals surface area contributed by atoms with Gasteiger partial charge in [0.25, 0.3) is 0 Å². The van der Waals surface area contributed by atoms with Crippen molar-refractivity contribution in [1.29, 1.82) is 5.26 Å². The van der Waals surface area contributed by atoms with Gasteiger partial charge in [0.05, 0.1) is 64.8 Å². The highest BCUT2D eigenvalue weighted by Gasteiger charge is 2.34. The summed E-state index contributed by atoms with van der Waals surface area (Å²) in [5.74, 6) is 2.08. The van der Waals surface area contributed by atoms with Crippen LogP contribution in [0.15, 0.2) is 158 Å². The lowest BCUT2D eigenvalue weighted by molar-refractivity contribution is 0.271. The van der Waals surface area contributed by atoms with Crippen LogP contribution in [0.2, 0.25) is 10.0 Å². The first-order valence-electron chi connectivity index (χ1n) is 23.7. The van der Waals surface area contributed by atoms with Crippen LogP contribution in [-0.4, -0.2) is 49.0 Å². The summed E-state index contributed by atoms with van der Waals surface area (Å²) in [4.78, 5) is 24.3. The molecule has 0 unspecified atom stereocenters. The van der Waals surface area contributed by atoms with E-state index in [-0.39, 0.29) is 11.3 Å². The third-order valence-electron chi connectivity index (χ3n) is 12.5. The Kier molecular flexibility index (Phi) is 13.4. The molecular weight excluding hydrogens is 934 g/mol. The number of benzene rings is 6. The molecule has 352 valence electrons. The molecule has 0 saturated heterocycles. The van der Waals surface area contributed by atoms with Crippen LogP contribution in [0.4, 0.5) is 0 Å². The second-order valence-corrected chi connectivity index (χ2v) is 19.4. The Morgan fingerprint density at radius 3 is 1.58 bits per heavy atom. The van der Waals surface area contributed by atoms with E-state index in [1.165, 1.54) is 0 Å². The molecule has 6 aromatic carbocycles. The molecule has 13 heteroatoms. The van der Waals surface area contributed by atoms with Crippen LogP contribution in [0, 0.1) is 29.7 Å². The highest BCUT2D eigenvalue weighted by atomic mass is 35.5. The van der Waals surface area contributed by atoms with E-state index in [0.29, 0.717) is 95.8 Å². The fourth-order valence-corrected chi connectivity index (χ4v) is 9.61. The lowest BCUT2D eigenvalue weighted by atomic mass is 9.50. The number of nitriles is 1. The van der Waals surface area contributed by atoms with Gasteiger partial charge in [0.2, 0.25) is 5.70 Å². The van der Waals surface area contributed by atoms with Crippen molar-refractivity contribution in [2.24, 2.45) is 18.9 Å². The lowest BCUT2D eigenvalue weighted by Crippen LogP contribution is -2.53. The van der Waals surface area contributed by atoms with Crippen molar-refractivity contribution in [1.82, 2.24) is 29.0 Å². The average Bonchev–Trinajstić information content (AvgIpc) is 3.86. The fourth-order valence-electron chi connectivity index (χ4n) is 9.27. The first-order valence-corrected chi connectivity index (χ1v) is 24.5. The molecule has 0 fully saturated rings. The maximum atomic E-state index is 11.6. The number of ether oxygens (including phenoxy) is 2. The third kappa shape index (κ3) is 9.17. The molecule has 10 nitrogen and oxygen atoms in total. The lowest BCUT2D eigenvalue weighted by Gasteiger charge is -2.22. The van der Waals surface area contributed by atoms with E-state index in [9.17, 15) is 11.8 Å². The van der Waals surface area contributed by atoms with Crippen LogP contribution in [0.25, 0.3) is 71.5 Å². The van der Waals surface area contributed by atoms with E-state index in [2.05, 4.69) is 79.5 Å². The van der Waals surface area contributed by atoms with Gasteiger partial charge < -0.3 is 18.5 Å². The summed E-state index contributed by atoms with van der Waals surface area (Å²) >= 11 is 12.9. The van der Waals surface area contributed by atoms with Gasteiger partial charge in [0.15, 0.2) is 0 Å². The summed E-state index contributed by atoms with van der Waals surface area (Å²) in [5, 5.41) is 15.3. The summed E-state index contributed by atoms with van der Waals surface area (Å²) in [5.41, 5.74) is 8.67. The molecule has 4 heterocycles. The first kappa shape index (κ1) is 47.5. The highest BCUT2D eigenvalue weighted by Crippen LogP contribution is 2.37. The summed E-state index contributed by atoms with van der Waals surface area (Å²) in [6.07, 6.45) is 3.27. The normalized spacial score (nSPS) is 12.3. The largest absolute Gasteiger partial charge is 0.493 e. The fraction of sp³-hybridized carbons (Fsp3) is 0.153. The van der Waals surface area contributed by atoms with E-state index >= 15 is 0 Å². The van der Waals surface area contributed by atoms with Crippen LogP contribution in [-0.2, 0) is 7.05 Å². The minimum absolute atomic E-state index is 0.250. The zero-order valence-corrected chi connectivity index (χ0v) is 41.8. The zero-order valence-electron chi connectivity index (χ0n) is 40.3. The third-order valence-corrected chi connectivity index (χ3v) is 12.9. The predicted molar refractivity (Wildman–Crippen MR) is 291 cm³/mol. The molecule has 0 saturated carbocycles. The second kappa shape index (κ2) is 20.3. The van der Waals surface area contributed by atoms with Crippen molar-refractivity contribution in [3.05, 3.63) is 202 Å². The maximum Gasteiger partial charge on any atom is 0.327 e. The molecule has 0 amide bonds. The Bertz CT molecular complexity index is 3840. The quantitative estimate of drug-likeness (QED) is 0.0836. The van der Waals surface area contributed by atoms with Crippen molar-refractivity contribution >= 4 is 85.1 Å². The van der Waals surface area contributed by atoms with Gasteiger partial charge in [-0.1, -0.05) is 122 Å². The van der Waals surface area contributed by atoms with Crippen LogP contribution >= 0.6 is 23.2 Å². The predicted octanol–water partition coefficient (Wildman–Crippen LogP) is 11.0. The molecule has 4 aromatic heterocycles. The first-order chi connectivity index (χ1) is 35.0. The van der Waals surface area contributed by atoms with Crippen molar-refractivity contribution in [3.63, 3.8) is 0 Å². The van der Waals surface area contributed by atoms with Crippen molar-refractivity contribution < 1.29 is 9.47 Å². The molecule has 10 rings (SSSR count). The van der Waals surface area contributed by atoms with Gasteiger partial charge in [-0.05, 0) is 108 Å². The number of hydrogen-bond donors (Lipinski definition) is 0. The van der Waals surface area contributed by atoms with Gasteiger partial charge >= 0.3 is 6.85 Å². The molecule has 10 aromatic rings. The van der Waals surface area contributed by atoms with Gasteiger partial charge in [0, 0.05) is 45.1 Å². The number of aromatic nitrogens is 6. The van der Waals surface area contributed by atoms with Crippen molar-refractivity contribution in [2.45, 2.75) is 27.7 Å². The molecule has 0 N–H and O–H groups in total. The van der Waals surface area contributed by atoms with Gasteiger partial charge in [-0.3, -0.25) is 15.0 Å². The van der Waals surface area contributed by atoms with Crippen LogP contribution in [0.1, 0.15) is 39.1 Å². The van der Waals surface area contributed by atoms with E-state index in [1.54, 1.807) is 42.7 Å². The standard InChI is InChI=1S/C59H47BCl2N8O2/c1-36(2)34-71-44-23-17-38(18-24-44)56-53-54(58(69(56)6)46(31-63)51-32-65-49-29-42(61)21-27-47(49)67-51)57(39-19-25-45(26-20-39)72-35-37(3)4)70(60(40-13-9-7-10-14-40)41-15-11-8-12-16-41)59(53)55(64-5)52-33-66-50-30-43(62)22-28-48(50)68-52/h7-30,32-33,36-37H,34-35H2,1-4,6H3/b58-46-,59-55+. The Morgan fingerprint density at radius 1 is 0.625 bits per heavy atom. The Morgan fingerprint density at radius 2 is 1.10 bits per heavy atom. The van der Waals surface area contributed by atoms with Crippen LogP contribution < -0.4 is 31.1 Å². The molecule has 0 aliphatic rings. The SMILES string of the molecule is [C-]#[N+]/C(c1cnc2cc(Cl)ccc2n1)=c1\c2c(-c3ccc(OCC(C)C)cc3)n(C)/c(=C(/C#N)c3cnc4cc(Cl)ccc4n3)c2c(-c2ccc(OCC(C)C)cc2)n1B(c1ccccc1)c1ccccc1. The molecule has 0 aliphatic heterocycles. The number of halogens is 2.